The monoisotopic (exact) mass is 312 g/mol. The Hall–Kier alpha value is -1.36. The van der Waals surface area contributed by atoms with E-state index in [2.05, 4.69) is 26.6 Å². The molecule has 5 heteroatoms. The molecule has 0 saturated carbocycles. The second-order valence-corrected chi connectivity index (χ2v) is 4.90. The molecular formula is C13H17BrN2O2. The molecule has 98 valence electrons. The molecule has 0 fully saturated rings. The van der Waals surface area contributed by atoms with Crippen molar-refractivity contribution in [2.24, 2.45) is 0 Å². The van der Waals surface area contributed by atoms with Gasteiger partial charge in [0.05, 0.1) is 5.69 Å². The topological polar surface area (TPSA) is 58.2 Å². The summed E-state index contributed by atoms with van der Waals surface area (Å²) >= 11 is 3.34. The molecule has 0 atom stereocenters. The standard InChI is InChI=1S/C13H17BrN2O2/c1-3-4-7-15-12(17)13(18)16-11-6-5-9(2)8-10(11)14/h5-6,8H,3-4,7H2,1-2H3,(H,15,17)(H,16,18). The fraction of sp³-hybridized carbons (Fsp3) is 0.385. The van der Waals surface area contributed by atoms with E-state index in [0.29, 0.717) is 12.2 Å². The molecule has 0 heterocycles. The van der Waals surface area contributed by atoms with Crippen molar-refractivity contribution in [2.45, 2.75) is 26.7 Å². The summed E-state index contributed by atoms with van der Waals surface area (Å²) in [7, 11) is 0. The molecule has 0 spiro atoms. The number of anilines is 1. The van der Waals surface area contributed by atoms with Gasteiger partial charge in [-0.2, -0.15) is 0 Å². The Morgan fingerprint density at radius 1 is 1.28 bits per heavy atom. The third kappa shape index (κ3) is 4.49. The lowest BCUT2D eigenvalue weighted by Gasteiger charge is -2.08. The van der Waals surface area contributed by atoms with Gasteiger partial charge < -0.3 is 10.6 Å². The second kappa shape index (κ2) is 7.16. The number of hydrogen-bond acceptors (Lipinski definition) is 2. The smallest absolute Gasteiger partial charge is 0.313 e. The number of rotatable bonds is 4. The van der Waals surface area contributed by atoms with E-state index in [1.807, 2.05) is 26.0 Å². The van der Waals surface area contributed by atoms with Crippen molar-refractivity contribution < 1.29 is 9.59 Å². The predicted octanol–water partition coefficient (Wildman–Crippen LogP) is 2.61. The molecular weight excluding hydrogens is 296 g/mol. The molecule has 0 saturated heterocycles. The Kier molecular flexibility index (Phi) is 5.85. The van der Waals surface area contributed by atoms with Crippen molar-refractivity contribution in [2.75, 3.05) is 11.9 Å². The maximum Gasteiger partial charge on any atom is 0.313 e. The molecule has 0 aliphatic heterocycles. The number of amides is 2. The van der Waals surface area contributed by atoms with E-state index in [1.54, 1.807) is 6.07 Å². The number of carbonyl (C=O) groups excluding carboxylic acids is 2. The summed E-state index contributed by atoms with van der Waals surface area (Å²) < 4.78 is 0.761. The largest absolute Gasteiger partial charge is 0.348 e. The molecule has 1 aromatic rings. The Labute approximate surface area is 115 Å². The van der Waals surface area contributed by atoms with E-state index in [0.717, 1.165) is 22.9 Å². The normalized spacial score (nSPS) is 9.94. The number of halogens is 1. The summed E-state index contributed by atoms with van der Waals surface area (Å²) in [5.41, 5.74) is 1.67. The minimum atomic E-state index is -0.643. The van der Waals surface area contributed by atoms with Crippen LogP contribution in [0.3, 0.4) is 0 Å². The lowest BCUT2D eigenvalue weighted by molar-refractivity contribution is -0.136. The van der Waals surface area contributed by atoms with Crippen molar-refractivity contribution in [3.8, 4) is 0 Å². The van der Waals surface area contributed by atoms with Gasteiger partial charge in [-0.05, 0) is 47.0 Å². The Balaban J connectivity index is 2.56. The van der Waals surface area contributed by atoms with Crippen LogP contribution in [0.15, 0.2) is 22.7 Å². The summed E-state index contributed by atoms with van der Waals surface area (Å²) in [6, 6.07) is 5.51. The van der Waals surface area contributed by atoms with E-state index < -0.39 is 11.8 Å². The molecule has 0 aromatic heterocycles. The van der Waals surface area contributed by atoms with Gasteiger partial charge in [-0.1, -0.05) is 19.4 Å². The van der Waals surface area contributed by atoms with Crippen molar-refractivity contribution in [1.82, 2.24) is 5.32 Å². The van der Waals surface area contributed by atoms with Gasteiger partial charge in [-0.25, -0.2) is 0 Å². The lowest BCUT2D eigenvalue weighted by Crippen LogP contribution is -2.35. The average Bonchev–Trinajstić information content (AvgIpc) is 2.32. The van der Waals surface area contributed by atoms with Crippen LogP contribution in [0.1, 0.15) is 25.3 Å². The minimum Gasteiger partial charge on any atom is -0.348 e. The fourth-order valence-corrected chi connectivity index (χ4v) is 1.95. The zero-order valence-corrected chi connectivity index (χ0v) is 12.1. The maximum atomic E-state index is 11.6. The molecule has 0 radical (unpaired) electrons. The van der Waals surface area contributed by atoms with Crippen LogP contribution in [0, 0.1) is 6.92 Å². The summed E-state index contributed by atoms with van der Waals surface area (Å²) in [4.78, 5) is 23.1. The molecule has 2 amide bonds. The van der Waals surface area contributed by atoms with E-state index in [4.69, 9.17) is 0 Å². The van der Waals surface area contributed by atoms with E-state index in [1.165, 1.54) is 0 Å². The highest BCUT2D eigenvalue weighted by molar-refractivity contribution is 9.10. The number of hydrogen-bond donors (Lipinski definition) is 2. The van der Waals surface area contributed by atoms with Gasteiger partial charge in [0.1, 0.15) is 0 Å². The molecule has 18 heavy (non-hydrogen) atoms. The minimum absolute atomic E-state index is 0.526. The van der Waals surface area contributed by atoms with Crippen LogP contribution in [0.5, 0.6) is 0 Å². The molecule has 2 N–H and O–H groups in total. The number of unbranched alkanes of at least 4 members (excludes halogenated alkanes) is 1. The predicted molar refractivity (Wildman–Crippen MR) is 75.4 cm³/mol. The van der Waals surface area contributed by atoms with Crippen molar-refractivity contribution >= 4 is 33.4 Å². The highest BCUT2D eigenvalue weighted by atomic mass is 79.9. The number of nitrogens with one attached hydrogen (secondary N) is 2. The summed E-state index contributed by atoms with van der Waals surface area (Å²) in [5.74, 6) is -1.24. The van der Waals surface area contributed by atoms with Crippen LogP contribution in [0.4, 0.5) is 5.69 Å². The molecule has 1 rings (SSSR count). The van der Waals surface area contributed by atoms with Crippen LogP contribution >= 0.6 is 15.9 Å². The summed E-state index contributed by atoms with van der Waals surface area (Å²) in [6.07, 6.45) is 1.85. The van der Waals surface area contributed by atoms with Crippen LogP contribution in [-0.2, 0) is 9.59 Å². The molecule has 0 bridgehead atoms. The first-order chi connectivity index (χ1) is 8.54. The number of carbonyl (C=O) groups is 2. The highest BCUT2D eigenvalue weighted by Crippen LogP contribution is 2.23. The second-order valence-electron chi connectivity index (χ2n) is 4.05. The first-order valence-corrected chi connectivity index (χ1v) is 6.69. The van der Waals surface area contributed by atoms with Gasteiger partial charge in [0, 0.05) is 11.0 Å². The maximum absolute atomic E-state index is 11.6. The summed E-state index contributed by atoms with van der Waals surface area (Å²) in [5, 5.41) is 5.13. The molecule has 1 aromatic carbocycles. The Morgan fingerprint density at radius 2 is 2.00 bits per heavy atom. The molecule has 0 unspecified atom stereocenters. The van der Waals surface area contributed by atoms with Crippen LogP contribution < -0.4 is 10.6 Å². The van der Waals surface area contributed by atoms with Gasteiger partial charge in [-0.15, -0.1) is 0 Å². The van der Waals surface area contributed by atoms with E-state index in [-0.39, 0.29) is 0 Å². The quantitative estimate of drug-likeness (QED) is 0.663. The van der Waals surface area contributed by atoms with E-state index in [9.17, 15) is 9.59 Å². The summed E-state index contributed by atoms with van der Waals surface area (Å²) in [6.45, 7) is 4.50. The van der Waals surface area contributed by atoms with Crippen LogP contribution in [0.2, 0.25) is 0 Å². The third-order valence-corrected chi connectivity index (χ3v) is 3.05. The first kappa shape index (κ1) is 14.7. The lowest BCUT2D eigenvalue weighted by atomic mass is 10.2. The van der Waals surface area contributed by atoms with E-state index >= 15 is 0 Å². The van der Waals surface area contributed by atoms with Gasteiger partial charge in [0.15, 0.2) is 0 Å². The van der Waals surface area contributed by atoms with Crippen LogP contribution in [-0.4, -0.2) is 18.4 Å². The van der Waals surface area contributed by atoms with Gasteiger partial charge in [0.2, 0.25) is 0 Å². The molecule has 0 aliphatic rings. The molecule has 4 nitrogen and oxygen atoms in total. The van der Waals surface area contributed by atoms with Gasteiger partial charge in [-0.3, -0.25) is 9.59 Å². The fourth-order valence-electron chi connectivity index (χ4n) is 1.36. The third-order valence-electron chi connectivity index (χ3n) is 2.39. The van der Waals surface area contributed by atoms with Gasteiger partial charge >= 0.3 is 11.8 Å². The SMILES string of the molecule is CCCCNC(=O)C(=O)Nc1ccc(C)cc1Br. The molecule has 0 aliphatic carbocycles. The van der Waals surface area contributed by atoms with Crippen LogP contribution in [0.25, 0.3) is 0 Å². The zero-order chi connectivity index (χ0) is 13.5. The van der Waals surface area contributed by atoms with Crippen molar-refractivity contribution in [1.29, 1.82) is 0 Å². The average molecular weight is 313 g/mol. The van der Waals surface area contributed by atoms with Crippen molar-refractivity contribution in [3.05, 3.63) is 28.2 Å². The van der Waals surface area contributed by atoms with Crippen molar-refractivity contribution in [3.63, 3.8) is 0 Å². The van der Waals surface area contributed by atoms with Gasteiger partial charge in [0.25, 0.3) is 0 Å². The first-order valence-electron chi connectivity index (χ1n) is 5.90. The highest BCUT2D eigenvalue weighted by Gasteiger charge is 2.14. The zero-order valence-electron chi connectivity index (χ0n) is 10.5. The Bertz CT molecular complexity index is 447. The number of aryl methyl sites for hydroxylation is 1. The Morgan fingerprint density at radius 3 is 2.61 bits per heavy atom. The number of benzene rings is 1.